The quantitative estimate of drug-likeness (QED) is 0.0638. The van der Waals surface area contributed by atoms with Crippen LogP contribution in [0.25, 0.3) is 21.8 Å². The van der Waals surface area contributed by atoms with E-state index in [1.165, 1.54) is 49.6 Å². The topological polar surface area (TPSA) is 163 Å². The van der Waals surface area contributed by atoms with Crippen LogP contribution in [0.4, 0.5) is 20.2 Å². The van der Waals surface area contributed by atoms with E-state index in [-0.39, 0.29) is 65.8 Å². The number of aromatic nitrogens is 2. The summed E-state index contributed by atoms with van der Waals surface area (Å²) in [5, 5.41) is 4.40. The summed E-state index contributed by atoms with van der Waals surface area (Å²) in [5.74, 6) is -0.961. The van der Waals surface area contributed by atoms with E-state index >= 15 is 8.78 Å². The number of pyridine rings is 2. The van der Waals surface area contributed by atoms with Crippen molar-refractivity contribution < 1.29 is 56.3 Å². The van der Waals surface area contributed by atoms with Crippen LogP contribution in [-0.2, 0) is 14.3 Å². The monoisotopic (exact) mass is 1110 g/mol. The Morgan fingerprint density at radius 1 is 0.610 bits per heavy atom. The second-order valence-electron chi connectivity index (χ2n) is 20.6. The van der Waals surface area contributed by atoms with Gasteiger partial charge >= 0.3 is 11.8 Å². The number of ketones is 1. The Morgan fingerprint density at radius 3 is 1.68 bits per heavy atom. The molecule has 0 bridgehead atoms. The number of nitrogens with one attached hydrogen (secondary N) is 1. The molecule has 3 saturated heterocycles. The fourth-order valence-electron chi connectivity index (χ4n) is 10.7. The van der Waals surface area contributed by atoms with E-state index in [2.05, 4.69) is 20.2 Å². The molecule has 8 aromatic rings. The third kappa shape index (κ3) is 12.6. The standard InChI is InChI=1S/C64H62F2N6O10/c1-76-58-33-47-51(35-60(58)79-39-41-17-23-67-24-18-41)68-25-19-54(47)81-56-15-13-45(31-49(56)65)72(64(75)63(74)71-29-30-78-62(38-71)44-11-7-4-8-12-44)46-14-16-57(50(66)32-46)82-55-20-26-69-52-36-61(59(77-2)34-48(52)55)80-40-42-21-27-70(28-22-42)37-53(73)43-9-5-3-6-10-43/h3-16,19-20,25-26,31-36,41-42,62,67H,17-18,21-24,27-30,37-40H2,1-2H3. The van der Waals surface area contributed by atoms with Gasteiger partial charge in [0.1, 0.15) is 17.6 Å². The number of carbonyl (C=O) groups excluding carboxylic acids is 3. The lowest BCUT2D eigenvalue weighted by atomic mass is 9.97. The van der Waals surface area contributed by atoms with Crippen molar-refractivity contribution in [2.45, 2.75) is 31.8 Å². The zero-order valence-electron chi connectivity index (χ0n) is 45.6. The summed E-state index contributed by atoms with van der Waals surface area (Å²) in [4.78, 5) is 55.5. The molecule has 1 unspecified atom stereocenters. The van der Waals surface area contributed by atoms with Crippen LogP contribution < -0.4 is 38.6 Å². The van der Waals surface area contributed by atoms with Crippen LogP contribution in [0.15, 0.2) is 146 Å². The molecule has 11 rings (SSSR count). The van der Waals surface area contributed by atoms with Gasteiger partial charge in [-0.1, -0.05) is 60.7 Å². The average molecular weight is 1110 g/mol. The van der Waals surface area contributed by atoms with Crippen molar-refractivity contribution in [2.24, 2.45) is 11.8 Å². The number of likely N-dealkylation sites (tertiary alicyclic amines) is 1. The van der Waals surface area contributed by atoms with Crippen LogP contribution in [0.1, 0.15) is 47.7 Å². The van der Waals surface area contributed by atoms with Crippen LogP contribution in [0.2, 0.25) is 0 Å². The van der Waals surface area contributed by atoms with Crippen molar-refractivity contribution in [1.82, 2.24) is 25.1 Å². The first-order chi connectivity index (χ1) is 40.1. The molecule has 0 aliphatic carbocycles. The number of halogens is 2. The number of anilines is 2. The van der Waals surface area contributed by atoms with Gasteiger partial charge < -0.3 is 43.4 Å². The number of hydrogen-bond donors (Lipinski definition) is 1. The predicted molar refractivity (Wildman–Crippen MR) is 305 cm³/mol. The fraction of sp³-hybridized carbons (Fsp3) is 0.297. The fourth-order valence-corrected chi connectivity index (χ4v) is 10.7. The predicted octanol–water partition coefficient (Wildman–Crippen LogP) is 11.3. The number of carbonyl (C=O) groups is 3. The van der Waals surface area contributed by atoms with Crippen molar-refractivity contribution in [2.75, 3.05) is 84.8 Å². The number of fused-ring (bicyclic) bond motifs is 2. The highest BCUT2D eigenvalue weighted by atomic mass is 19.1. The molecule has 1 N–H and O–H groups in total. The van der Waals surface area contributed by atoms with Gasteiger partial charge in [0.2, 0.25) is 0 Å². The highest BCUT2D eigenvalue weighted by Gasteiger charge is 2.35. The second kappa shape index (κ2) is 25.4. The second-order valence-corrected chi connectivity index (χ2v) is 20.6. The van der Waals surface area contributed by atoms with E-state index in [4.69, 9.17) is 33.2 Å². The van der Waals surface area contributed by atoms with Gasteiger partial charge in [0, 0.05) is 59.5 Å². The molecule has 5 heterocycles. The maximum absolute atomic E-state index is 16.7. The number of ether oxygens (including phenoxy) is 7. The van der Waals surface area contributed by atoms with Gasteiger partial charge in [-0.25, -0.2) is 8.78 Å². The van der Waals surface area contributed by atoms with Gasteiger partial charge in [-0.2, -0.15) is 0 Å². The van der Waals surface area contributed by atoms with E-state index in [9.17, 15) is 14.4 Å². The van der Waals surface area contributed by atoms with E-state index in [0.29, 0.717) is 76.0 Å². The minimum atomic E-state index is -1.06. The first kappa shape index (κ1) is 55.2. The molecule has 18 heteroatoms. The number of rotatable bonds is 18. The summed E-state index contributed by atoms with van der Waals surface area (Å²) in [6.07, 6.45) is 6.30. The summed E-state index contributed by atoms with van der Waals surface area (Å²) < 4.78 is 75.8. The largest absolute Gasteiger partial charge is 0.493 e. The van der Waals surface area contributed by atoms with E-state index in [0.717, 1.165) is 74.5 Å². The Hall–Kier alpha value is -8.71. The zero-order chi connectivity index (χ0) is 56.5. The number of methoxy groups -OCH3 is 2. The minimum Gasteiger partial charge on any atom is -0.493 e. The lowest BCUT2D eigenvalue weighted by Crippen LogP contribution is -2.49. The summed E-state index contributed by atoms with van der Waals surface area (Å²) in [7, 11) is 3.07. The van der Waals surface area contributed by atoms with Crippen LogP contribution >= 0.6 is 0 Å². The van der Waals surface area contributed by atoms with E-state index in [1.54, 1.807) is 42.6 Å². The van der Waals surface area contributed by atoms with Gasteiger partial charge in [0.15, 0.2) is 51.9 Å². The number of amides is 2. The number of piperidine rings is 2. The van der Waals surface area contributed by atoms with E-state index < -0.39 is 29.6 Å². The van der Waals surface area contributed by atoms with Crippen LogP contribution in [0, 0.1) is 23.5 Å². The number of benzene rings is 6. The molecule has 0 radical (unpaired) electrons. The van der Waals surface area contributed by atoms with Gasteiger partial charge in [-0.05, 0) is 118 Å². The Labute approximate surface area is 473 Å². The number of Topliss-reactive ketones (excluding diaryl/α,β-unsaturated/α-hetero) is 1. The summed E-state index contributed by atoms with van der Waals surface area (Å²) in [6, 6.07) is 36.4. The number of nitrogens with zero attached hydrogens (tertiary/aromatic N) is 5. The normalized spacial score (nSPS) is 16.1. The Morgan fingerprint density at radius 2 is 1.15 bits per heavy atom. The molecular formula is C64H62F2N6O10. The maximum Gasteiger partial charge on any atom is 0.321 e. The van der Waals surface area contributed by atoms with Gasteiger partial charge in [-0.15, -0.1) is 0 Å². The Bertz CT molecular complexity index is 3580. The van der Waals surface area contributed by atoms with Gasteiger partial charge in [0.25, 0.3) is 0 Å². The third-order valence-corrected chi connectivity index (χ3v) is 15.3. The highest BCUT2D eigenvalue weighted by molar-refractivity contribution is 6.42. The molecular weight excluding hydrogens is 1050 g/mol. The number of hydrogen-bond acceptors (Lipinski definition) is 14. The summed E-state index contributed by atoms with van der Waals surface area (Å²) in [5.41, 5.74) is 2.41. The molecule has 6 aromatic carbocycles. The average Bonchev–Trinajstić information content (AvgIpc) is 3.71. The van der Waals surface area contributed by atoms with Crippen molar-refractivity contribution >= 4 is 50.8 Å². The molecule has 2 amide bonds. The van der Waals surface area contributed by atoms with E-state index in [1.807, 2.05) is 60.7 Å². The SMILES string of the molecule is COc1cc2c(Oc3ccc(N(C(=O)C(=O)N4CCOC(c5ccccc5)C4)c4ccc(Oc5ccnc6cc(OCC7CCN(CC(=O)c8ccccc8)CC7)c(OC)cc56)c(F)c4)cc3F)ccnc2cc1OCC1CCNCC1. The highest BCUT2D eigenvalue weighted by Crippen LogP contribution is 2.42. The molecule has 0 saturated carbocycles. The molecule has 1 atom stereocenters. The Kier molecular flexibility index (Phi) is 17.1. The first-order valence-corrected chi connectivity index (χ1v) is 27.5. The molecule has 0 spiro atoms. The smallest absolute Gasteiger partial charge is 0.321 e. The summed E-state index contributed by atoms with van der Waals surface area (Å²) in [6.45, 7) is 5.09. The van der Waals surface area contributed by atoms with Crippen molar-refractivity contribution in [3.63, 3.8) is 0 Å². The van der Waals surface area contributed by atoms with Crippen LogP contribution in [-0.4, -0.2) is 117 Å². The van der Waals surface area contributed by atoms with Gasteiger partial charge in [0.05, 0.1) is 69.5 Å². The molecule has 82 heavy (non-hydrogen) atoms. The molecule has 2 aromatic heterocycles. The van der Waals surface area contributed by atoms with Crippen LogP contribution in [0.5, 0.6) is 46.0 Å². The Balaban J connectivity index is 0.825. The molecule has 3 aliphatic heterocycles. The minimum absolute atomic E-state index is 0.0683. The maximum atomic E-state index is 16.7. The lowest BCUT2D eigenvalue weighted by molar-refractivity contribution is -0.149. The van der Waals surface area contributed by atoms with Gasteiger partial charge in [-0.3, -0.25) is 34.2 Å². The first-order valence-electron chi connectivity index (χ1n) is 27.5. The van der Waals surface area contributed by atoms with Crippen molar-refractivity contribution in [3.8, 4) is 46.0 Å². The van der Waals surface area contributed by atoms with Crippen LogP contribution in [0.3, 0.4) is 0 Å². The molecule has 3 fully saturated rings. The third-order valence-electron chi connectivity index (χ3n) is 15.3. The molecule has 16 nitrogen and oxygen atoms in total. The van der Waals surface area contributed by atoms with Crippen molar-refractivity contribution in [3.05, 3.63) is 169 Å². The lowest BCUT2D eigenvalue weighted by Gasteiger charge is -2.34. The number of morpholine rings is 1. The zero-order valence-corrected chi connectivity index (χ0v) is 45.6. The van der Waals surface area contributed by atoms with Crippen molar-refractivity contribution in [1.29, 1.82) is 0 Å². The molecule has 3 aliphatic rings. The summed E-state index contributed by atoms with van der Waals surface area (Å²) >= 11 is 0. The molecule has 422 valence electrons.